The minimum atomic E-state index is -1.38. The molecular weight excluding hydrogens is 881 g/mol. The van der Waals surface area contributed by atoms with Crippen molar-refractivity contribution in [1.82, 2.24) is 4.90 Å². The van der Waals surface area contributed by atoms with E-state index in [4.69, 9.17) is 33.7 Å². The number of amides is 1. The number of rotatable bonds is 27. The fourth-order valence-corrected chi connectivity index (χ4v) is 11.2. The van der Waals surface area contributed by atoms with Crippen LogP contribution >= 0.6 is 0 Å². The van der Waals surface area contributed by atoms with Gasteiger partial charge in [-0.25, -0.2) is 0 Å². The molecular formula is C59H82N2O9. The second kappa shape index (κ2) is 25.0. The van der Waals surface area contributed by atoms with E-state index >= 15 is 4.79 Å². The van der Waals surface area contributed by atoms with Crippen LogP contribution in [0.25, 0.3) is 0 Å². The van der Waals surface area contributed by atoms with E-state index in [1.807, 2.05) is 62.1 Å². The lowest BCUT2D eigenvalue weighted by Crippen LogP contribution is -2.70. The van der Waals surface area contributed by atoms with Gasteiger partial charge in [-0.2, -0.15) is 0 Å². The number of aryl methyl sites for hydroxylation is 2. The number of oxime groups is 1. The number of benzene rings is 3. The Morgan fingerprint density at radius 3 is 2.23 bits per heavy atom. The van der Waals surface area contributed by atoms with Crippen molar-refractivity contribution in [2.24, 2.45) is 22.9 Å². The predicted octanol–water partition coefficient (Wildman–Crippen LogP) is 13.2. The molecule has 11 heteroatoms. The van der Waals surface area contributed by atoms with Crippen LogP contribution in [-0.4, -0.2) is 70.8 Å². The largest absolute Gasteiger partial charge is 0.459 e. The number of unbranched alkanes of at least 4 members (excludes halogenated alkanes) is 10. The van der Waals surface area contributed by atoms with E-state index in [0.717, 1.165) is 78.7 Å². The molecule has 382 valence electrons. The van der Waals surface area contributed by atoms with Gasteiger partial charge in [0, 0.05) is 44.1 Å². The summed E-state index contributed by atoms with van der Waals surface area (Å²) in [6, 6.07) is 17.6. The molecule has 2 N–H and O–H groups in total. The average Bonchev–Trinajstić information content (AvgIpc) is 3.82. The van der Waals surface area contributed by atoms with Gasteiger partial charge < -0.3 is 43.6 Å². The minimum absolute atomic E-state index is 0.0241. The molecule has 0 bridgehead atoms. The number of carbonyl (C=O) groups excluding carboxylic acids is 1. The first-order valence-electron chi connectivity index (χ1n) is 26.6. The van der Waals surface area contributed by atoms with Crippen LogP contribution in [0, 0.1) is 31.6 Å². The number of allylic oxidation sites excluding steroid dienone is 1. The zero-order valence-corrected chi connectivity index (χ0v) is 43.1. The summed E-state index contributed by atoms with van der Waals surface area (Å²) in [5.41, 5.74) is 5.44. The lowest BCUT2D eigenvalue weighted by atomic mass is 9.55. The lowest BCUT2D eigenvalue weighted by molar-refractivity contribution is -0.258. The number of aliphatic hydroxyl groups is 2. The van der Waals surface area contributed by atoms with Gasteiger partial charge in [0.1, 0.15) is 28.9 Å². The number of nitrogens with zero attached hydrogens (tertiary/aromatic N) is 2. The summed E-state index contributed by atoms with van der Waals surface area (Å²) in [6.45, 7) is 17.4. The van der Waals surface area contributed by atoms with Gasteiger partial charge in [0.05, 0.1) is 18.2 Å². The minimum Gasteiger partial charge on any atom is -0.459 e. The van der Waals surface area contributed by atoms with E-state index in [0.29, 0.717) is 48.7 Å². The van der Waals surface area contributed by atoms with Crippen molar-refractivity contribution < 1.29 is 43.5 Å². The normalized spacial score (nSPS) is 22.7. The van der Waals surface area contributed by atoms with Crippen LogP contribution in [0.4, 0.5) is 0 Å². The third kappa shape index (κ3) is 13.0. The highest BCUT2D eigenvalue weighted by Crippen LogP contribution is 2.62. The first-order chi connectivity index (χ1) is 33.9. The molecule has 3 aromatic rings. The number of aliphatic hydroxyl groups excluding tert-OH is 2. The topological polar surface area (TPSA) is 129 Å². The van der Waals surface area contributed by atoms with Crippen molar-refractivity contribution in [3.63, 3.8) is 0 Å². The summed E-state index contributed by atoms with van der Waals surface area (Å²) in [5, 5.41) is 25.2. The molecule has 3 aromatic carbocycles. The smallest absolute Gasteiger partial charge is 0.239 e. The molecule has 2 aliphatic carbocycles. The number of carbonyl (C=O) groups is 1. The van der Waals surface area contributed by atoms with Crippen LogP contribution in [0.15, 0.2) is 84.1 Å². The average molecular weight is 963 g/mol. The molecule has 0 spiro atoms. The second-order valence-electron chi connectivity index (χ2n) is 21.1. The second-order valence-corrected chi connectivity index (χ2v) is 21.1. The van der Waals surface area contributed by atoms with Crippen molar-refractivity contribution in [1.29, 1.82) is 0 Å². The summed E-state index contributed by atoms with van der Waals surface area (Å²) in [4.78, 5) is 23.8. The third-order valence-electron chi connectivity index (χ3n) is 14.8. The van der Waals surface area contributed by atoms with E-state index in [2.05, 4.69) is 51.6 Å². The van der Waals surface area contributed by atoms with Crippen molar-refractivity contribution in [2.75, 3.05) is 26.6 Å². The van der Waals surface area contributed by atoms with Crippen LogP contribution in [-0.2, 0) is 20.9 Å². The molecule has 1 fully saturated rings. The summed E-state index contributed by atoms with van der Waals surface area (Å²) in [5.74, 6) is 1.67. The first kappa shape index (κ1) is 53.0. The fourth-order valence-electron chi connectivity index (χ4n) is 11.2. The van der Waals surface area contributed by atoms with E-state index in [9.17, 15) is 10.2 Å². The van der Waals surface area contributed by atoms with Crippen LogP contribution in [0.5, 0.6) is 28.7 Å². The molecule has 2 aliphatic heterocycles. The van der Waals surface area contributed by atoms with Crippen molar-refractivity contribution in [2.45, 2.75) is 181 Å². The Balaban J connectivity index is 1.38. The molecule has 6 atom stereocenters. The number of hydrogen-bond acceptors (Lipinski definition) is 10. The molecule has 0 radical (unpaired) electrons. The molecule has 7 rings (SSSR count). The maximum atomic E-state index is 15.4. The number of ether oxygens (including phenoxy) is 5. The van der Waals surface area contributed by atoms with E-state index in [1.54, 1.807) is 6.08 Å². The predicted molar refractivity (Wildman–Crippen MR) is 277 cm³/mol. The molecule has 0 saturated heterocycles. The Hall–Kier alpha value is -4.84. The zero-order valence-electron chi connectivity index (χ0n) is 43.1. The highest BCUT2D eigenvalue weighted by Gasteiger charge is 2.65. The quantitative estimate of drug-likeness (QED) is 0.0436. The molecule has 70 heavy (non-hydrogen) atoms. The van der Waals surface area contributed by atoms with Gasteiger partial charge in [-0.3, -0.25) is 4.79 Å². The van der Waals surface area contributed by atoms with E-state index in [-0.39, 0.29) is 56.8 Å². The first-order valence-corrected chi connectivity index (χ1v) is 26.6. The van der Waals surface area contributed by atoms with Crippen LogP contribution in [0.2, 0.25) is 0 Å². The maximum Gasteiger partial charge on any atom is 0.239 e. The summed E-state index contributed by atoms with van der Waals surface area (Å²) in [7, 11) is 0. The molecule has 11 nitrogen and oxygen atoms in total. The van der Waals surface area contributed by atoms with Crippen molar-refractivity contribution >= 4 is 11.6 Å². The lowest BCUT2D eigenvalue weighted by Gasteiger charge is -2.60. The summed E-state index contributed by atoms with van der Waals surface area (Å²) < 4.78 is 33.1. The molecule has 0 aromatic heterocycles. The Morgan fingerprint density at radius 2 is 1.51 bits per heavy atom. The van der Waals surface area contributed by atoms with Gasteiger partial charge in [-0.15, -0.1) is 6.58 Å². The van der Waals surface area contributed by atoms with Crippen molar-refractivity contribution in [3.8, 4) is 28.7 Å². The summed E-state index contributed by atoms with van der Waals surface area (Å²) in [6.07, 6.45) is 19.9. The van der Waals surface area contributed by atoms with Gasteiger partial charge in [0.25, 0.3) is 0 Å². The Kier molecular flexibility index (Phi) is 18.9. The zero-order chi connectivity index (χ0) is 49.7. The van der Waals surface area contributed by atoms with E-state index < -0.39 is 23.3 Å². The van der Waals surface area contributed by atoms with Gasteiger partial charge in [-0.05, 0) is 143 Å². The maximum absolute atomic E-state index is 15.4. The van der Waals surface area contributed by atoms with E-state index in [1.165, 1.54) is 44.1 Å². The van der Waals surface area contributed by atoms with Gasteiger partial charge >= 0.3 is 0 Å². The van der Waals surface area contributed by atoms with Crippen LogP contribution < -0.4 is 18.9 Å². The molecule has 4 aliphatic rings. The van der Waals surface area contributed by atoms with Crippen LogP contribution in [0.1, 0.15) is 165 Å². The standard InChI is InChI=1S/C59H82N2O9/c1-8-10-11-12-13-14-15-16-17-24-55(64)61(39-43-26-29-52-53(35-43)66-40-65-52)54-38-50(60-70-58(5,6)7)48-36-44(22-18-20-31-62)47(23-19-21-32-63)56-49-37-46(68-45-27-25-41(3)42(4)34-45)28-30-51(49)69-59(54,57(48)56)67-33-9-2/h9,25-30,34-37,44,47,54,56-57,62-63H,2,8,10-24,31-33,38-40H2,1,3-7H3. The molecule has 6 unspecified atom stereocenters. The monoisotopic (exact) mass is 963 g/mol. The molecule has 1 saturated carbocycles. The fraction of sp³-hybridized carbons (Fsp3) is 0.593. The van der Waals surface area contributed by atoms with Crippen LogP contribution in [0.3, 0.4) is 0 Å². The van der Waals surface area contributed by atoms with Gasteiger partial charge in [0.2, 0.25) is 18.5 Å². The third-order valence-corrected chi connectivity index (χ3v) is 14.8. The number of hydrogen-bond donors (Lipinski definition) is 2. The highest BCUT2D eigenvalue weighted by molar-refractivity contribution is 6.03. The molecule has 2 heterocycles. The van der Waals surface area contributed by atoms with Gasteiger partial charge in [0.15, 0.2) is 11.5 Å². The molecule has 1 amide bonds. The van der Waals surface area contributed by atoms with Crippen molar-refractivity contribution in [3.05, 3.63) is 101 Å². The Morgan fingerprint density at radius 1 is 0.829 bits per heavy atom. The summed E-state index contributed by atoms with van der Waals surface area (Å²) >= 11 is 0. The Labute approximate surface area is 418 Å². The highest BCUT2D eigenvalue weighted by atomic mass is 16.7. The SMILES string of the molecule is C=CCOC12Oc3ccc(Oc4ccc(C)c(C)c4)cc3C3C(CCCCO)C(CCCCO)C=C(C(=NOC(C)(C)C)CC1N(Cc1ccc4c(c1)OCO4)C(=O)CCCCCCCCCCC)C32. The Bertz CT molecular complexity index is 2270. The number of fused-ring (bicyclic) bond motifs is 3. The van der Waals surface area contributed by atoms with Gasteiger partial charge in [-0.1, -0.05) is 101 Å².